The average Bonchev–Trinajstić information content (AvgIpc) is 3.35. The lowest BCUT2D eigenvalue weighted by Crippen LogP contribution is -2.45. The fourth-order valence-corrected chi connectivity index (χ4v) is 9.73. The minimum atomic E-state index is -0.670. The van der Waals surface area contributed by atoms with Crippen molar-refractivity contribution in [3.05, 3.63) is 24.3 Å². The summed E-state index contributed by atoms with van der Waals surface area (Å²) in [7, 11) is 0. The summed E-state index contributed by atoms with van der Waals surface area (Å²) >= 11 is 0. The first-order valence-corrected chi connectivity index (χ1v) is 31.1. The SMILES string of the molecule is CCCCCCCCCCCCCCCCCC(O)C(CO)NC(=O)CCCCCCCCC/C=C\C/C=C\CCCCCCCCCCCOC(=O)CCCCCCCCCCCCCCCC. The molecule has 0 fully saturated rings. The van der Waals surface area contributed by atoms with Crippen LogP contribution in [0.2, 0.25) is 0 Å². The van der Waals surface area contributed by atoms with E-state index in [2.05, 4.69) is 43.5 Å². The van der Waals surface area contributed by atoms with Gasteiger partial charge in [0.1, 0.15) is 0 Å². The van der Waals surface area contributed by atoms with Crippen LogP contribution in [-0.4, -0.2) is 47.4 Å². The Bertz CT molecular complexity index is 1080. The van der Waals surface area contributed by atoms with Gasteiger partial charge in [0.2, 0.25) is 5.91 Å². The van der Waals surface area contributed by atoms with E-state index in [1.165, 1.54) is 263 Å². The monoisotopic (exact) mass is 972 g/mol. The molecular weight excluding hydrogens is 851 g/mol. The molecule has 2 atom stereocenters. The van der Waals surface area contributed by atoms with E-state index in [0.29, 0.717) is 25.9 Å². The van der Waals surface area contributed by atoms with Crippen molar-refractivity contribution in [2.45, 2.75) is 353 Å². The first-order chi connectivity index (χ1) is 34.0. The van der Waals surface area contributed by atoms with Crippen molar-refractivity contribution in [3.8, 4) is 0 Å². The van der Waals surface area contributed by atoms with Crippen LogP contribution in [-0.2, 0) is 14.3 Å². The van der Waals surface area contributed by atoms with Crippen LogP contribution in [0.1, 0.15) is 341 Å². The molecule has 408 valence electrons. The third kappa shape index (κ3) is 55.5. The number of allylic oxidation sites excluding steroid dienone is 4. The Hall–Kier alpha value is -1.66. The van der Waals surface area contributed by atoms with Crippen LogP contribution in [0.5, 0.6) is 0 Å². The summed E-state index contributed by atoms with van der Waals surface area (Å²) in [5.74, 6) is -0.0339. The van der Waals surface area contributed by atoms with Crippen LogP contribution in [0, 0.1) is 0 Å². The summed E-state index contributed by atoms with van der Waals surface area (Å²) < 4.78 is 5.48. The van der Waals surface area contributed by atoms with Crippen molar-refractivity contribution >= 4 is 11.9 Å². The van der Waals surface area contributed by atoms with Crippen LogP contribution in [0.3, 0.4) is 0 Å². The highest BCUT2D eigenvalue weighted by atomic mass is 16.5. The smallest absolute Gasteiger partial charge is 0.305 e. The molecule has 3 N–H and O–H groups in total. The second-order valence-corrected chi connectivity index (χ2v) is 21.4. The lowest BCUT2D eigenvalue weighted by Gasteiger charge is -2.22. The van der Waals surface area contributed by atoms with Gasteiger partial charge in [-0.2, -0.15) is 0 Å². The predicted octanol–water partition coefficient (Wildman–Crippen LogP) is 19.4. The number of aliphatic hydroxyl groups is 2. The van der Waals surface area contributed by atoms with Crippen LogP contribution in [0.25, 0.3) is 0 Å². The largest absolute Gasteiger partial charge is 0.466 e. The van der Waals surface area contributed by atoms with Gasteiger partial charge in [0, 0.05) is 12.8 Å². The fraction of sp³-hybridized carbons (Fsp3) is 0.905. The fourth-order valence-electron chi connectivity index (χ4n) is 9.73. The maximum Gasteiger partial charge on any atom is 0.305 e. The Labute approximate surface area is 431 Å². The molecule has 0 aromatic heterocycles. The topological polar surface area (TPSA) is 95.9 Å². The Balaban J connectivity index is 3.44. The maximum atomic E-state index is 12.5. The normalized spacial score (nSPS) is 12.7. The molecule has 0 aromatic carbocycles. The molecular formula is C63H121NO5. The van der Waals surface area contributed by atoms with E-state index >= 15 is 0 Å². The molecule has 0 radical (unpaired) electrons. The van der Waals surface area contributed by atoms with Crippen molar-refractivity contribution in [1.82, 2.24) is 5.32 Å². The number of esters is 1. The minimum absolute atomic E-state index is 0.00969. The minimum Gasteiger partial charge on any atom is -0.466 e. The number of hydrogen-bond acceptors (Lipinski definition) is 5. The number of unbranched alkanes of at least 4 members (excludes halogenated alkanes) is 43. The lowest BCUT2D eigenvalue weighted by molar-refractivity contribution is -0.143. The number of amides is 1. The number of ether oxygens (including phenoxy) is 1. The van der Waals surface area contributed by atoms with E-state index < -0.39 is 12.1 Å². The Morgan fingerprint density at radius 3 is 1.10 bits per heavy atom. The third-order valence-electron chi connectivity index (χ3n) is 14.5. The molecule has 0 aliphatic carbocycles. The van der Waals surface area contributed by atoms with Crippen molar-refractivity contribution in [2.24, 2.45) is 0 Å². The number of aliphatic hydroxyl groups excluding tert-OH is 2. The summed E-state index contributed by atoms with van der Waals surface area (Å²) in [5.41, 5.74) is 0. The summed E-state index contributed by atoms with van der Waals surface area (Å²) in [5, 5.41) is 23.3. The molecule has 0 bridgehead atoms. The molecule has 1 amide bonds. The molecule has 0 aliphatic heterocycles. The highest BCUT2D eigenvalue weighted by Crippen LogP contribution is 2.18. The van der Waals surface area contributed by atoms with Gasteiger partial charge in [-0.3, -0.25) is 9.59 Å². The molecule has 0 saturated carbocycles. The highest BCUT2D eigenvalue weighted by Gasteiger charge is 2.20. The van der Waals surface area contributed by atoms with Crippen molar-refractivity contribution in [1.29, 1.82) is 0 Å². The van der Waals surface area contributed by atoms with Gasteiger partial charge in [-0.05, 0) is 57.8 Å². The van der Waals surface area contributed by atoms with Gasteiger partial charge < -0.3 is 20.3 Å². The molecule has 0 spiro atoms. The van der Waals surface area contributed by atoms with Crippen LogP contribution in [0.15, 0.2) is 24.3 Å². The van der Waals surface area contributed by atoms with Gasteiger partial charge in [0.25, 0.3) is 0 Å². The first-order valence-electron chi connectivity index (χ1n) is 31.1. The van der Waals surface area contributed by atoms with E-state index in [-0.39, 0.29) is 18.5 Å². The van der Waals surface area contributed by atoms with Crippen molar-refractivity contribution in [3.63, 3.8) is 0 Å². The second-order valence-electron chi connectivity index (χ2n) is 21.4. The van der Waals surface area contributed by atoms with Crippen LogP contribution in [0.4, 0.5) is 0 Å². The Morgan fingerprint density at radius 1 is 0.406 bits per heavy atom. The van der Waals surface area contributed by atoms with Crippen molar-refractivity contribution < 1.29 is 24.5 Å². The van der Waals surface area contributed by atoms with Gasteiger partial charge in [-0.15, -0.1) is 0 Å². The summed E-state index contributed by atoms with van der Waals surface area (Å²) in [4.78, 5) is 24.5. The zero-order valence-corrected chi connectivity index (χ0v) is 46.6. The quantitative estimate of drug-likeness (QED) is 0.0321. The van der Waals surface area contributed by atoms with E-state index in [1.807, 2.05) is 0 Å². The zero-order valence-electron chi connectivity index (χ0n) is 46.6. The molecule has 6 nitrogen and oxygen atoms in total. The van der Waals surface area contributed by atoms with Crippen molar-refractivity contribution in [2.75, 3.05) is 13.2 Å². The van der Waals surface area contributed by atoms with Crippen LogP contribution >= 0.6 is 0 Å². The summed E-state index contributed by atoms with van der Waals surface area (Å²) in [6.07, 6.45) is 71.8. The number of carbonyl (C=O) groups excluding carboxylic acids is 2. The summed E-state index contributed by atoms with van der Waals surface area (Å²) in [6.45, 7) is 4.96. The molecule has 69 heavy (non-hydrogen) atoms. The zero-order chi connectivity index (χ0) is 50.0. The van der Waals surface area contributed by atoms with E-state index in [9.17, 15) is 19.8 Å². The third-order valence-corrected chi connectivity index (χ3v) is 14.5. The van der Waals surface area contributed by atoms with Gasteiger partial charge >= 0.3 is 5.97 Å². The molecule has 0 aliphatic rings. The van der Waals surface area contributed by atoms with Gasteiger partial charge in [0.05, 0.1) is 25.4 Å². The maximum absolute atomic E-state index is 12.5. The van der Waals surface area contributed by atoms with Gasteiger partial charge in [-0.25, -0.2) is 0 Å². The van der Waals surface area contributed by atoms with Gasteiger partial charge in [-0.1, -0.05) is 295 Å². The highest BCUT2D eigenvalue weighted by molar-refractivity contribution is 5.76. The molecule has 0 aromatic rings. The number of carbonyl (C=O) groups is 2. The molecule has 0 saturated heterocycles. The number of nitrogens with one attached hydrogen (secondary N) is 1. The van der Waals surface area contributed by atoms with E-state index in [4.69, 9.17) is 4.74 Å². The lowest BCUT2D eigenvalue weighted by atomic mass is 10.0. The molecule has 2 unspecified atom stereocenters. The molecule has 0 rings (SSSR count). The second kappa shape index (κ2) is 58.9. The summed E-state index contributed by atoms with van der Waals surface area (Å²) in [6, 6.07) is -0.549. The molecule has 0 heterocycles. The number of hydrogen-bond donors (Lipinski definition) is 3. The average molecular weight is 973 g/mol. The number of rotatable bonds is 58. The molecule has 6 heteroatoms. The first kappa shape index (κ1) is 67.3. The Kier molecular flexibility index (Phi) is 57.5. The standard InChI is InChI=1S/C63H121NO5/c1-3-5-7-9-11-13-15-17-28-31-35-39-43-47-51-55-61(66)60(59-65)64-62(67)56-52-48-44-40-36-32-29-26-24-22-20-19-21-23-25-27-30-34-38-42-46-50-54-58-69-63(68)57-53-49-45-41-37-33-18-16-14-12-10-8-6-4-2/h19,21-22,24,60-61,65-66H,3-18,20,23,25-59H2,1-2H3,(H,64,67)/b21-19-,24-22-. The predicted molar refractivity (Wildman–Crippen MR) is 301 cm³/mol. The van der Waals surface area contributed by atoms with E-state index in [1.54, 1.807) is 0 Å². The Morgan fingerprint density at radius 2 is 0.725 bits per heavy atom. The van der Waals surface area contributed by atoms with E-state index in [0.717, 1.165) is 44.9 Å². The van der Waals surface area contributed by atoms with Gasteiger partial charge in [0.15, 0.2) is 0 Å². The van der Waals surface area contributed by atoms with Crippen LogP contribution < -0.4 is 5.32 Å².